The molecule has 8 nitrogen and oxygen atoms in total. The van der Waals surface area contributed by atoms with E-state index in [4.69, 9.17) is 30.5 Å². The predicted octanol–water partition coefficient (Wildman–Crippen LogP) is 3.15. The van der Waals surface area contributed by atoms with Gasteiger partial charge >= 0.3 is 5.97 Å². The molecule has 0 saturated heterocycles. The summed E-state index contributed by atoms with van der Waals surface area (Å²) in [6, 6.07) is 10.5. The molecule has 0 atom stereocenters. The molecule has 0 fully saturated rings. The Morgan fingerprint density at radius 3 is 2.53 bits per heavy atom. The van der Waals surface area contributed by atoms with Gasteiger partial charge in [0.05, 0.1) is 12.3 Å². The van der Waals surface area contributed by atoms with Gasteiger partial charge in [-0.1, -0.05) is 18.2 Å². The molecular formula is C22H20N4O4. The zero-order valence-electron chi connectivity index (χ0n) is 16.9. The summed E-state index contributed by atoms with van der Waals surface area (Å²) >= 11 is 0. The lowest BCUT2D eigenvalue weighted by Gasteiger charge is -2.20. The van der Waals surface area contributed by atoms with E-state index in [0.29, 0.717) is 22.6 Å². The Morgan fingerprint density at radius 1 is 1.23 bits per heavy atom. The van der Waals surface area contributed by atoms with Gasteiger partial charge in [-0.3, -0.25) is 0 Å². The molecule has 1 aromatic rings. The van der Waals surface area contributed by atoms with Crippen molar-refractivity contribution in [3.63, 3.8) is 0 Å². The zero-order chi connectivity index (χ0) is 22.3. The molecule has 1 aliphatic rings. The molecule has 0 bridgehead atoms. The summed E-state index contributed by atoms with van der Waals surface area (Å²) in [7, 11) is 0. The van der Waals surface area contributed by atoms with Crippen LogP contribution in [0.3, 0.4) is 0 Å². The van der Waals surface area contributed by atoms with E-state index >= 15 is 0 Å². The second-order valence-electron chi connectivity index (χ2n) is 6.66. The van der Waals surface area contributed by atoms with Gasteiger partial charge in [-0.05, 0) is 38.5 Å². The molecule has 1 aliphatic heterocycles. The number of hydrogen-bond donors (Lipinski definition) is 1. The fraction of sp³-hybridized carbons (Fsp3) is 0.273. The standard InChI is InChI=1S/C22H20N4O4/c1-4-28-20(27)13-29-19-9-14(6-8-18(19)26)5-7-17-16(12-25)21(15(10-23)11-24)30-22(17,2)3/h5-9H,4,13,26H2,1-3H3/b7-5+. The number of carbonyl (C=O) groups is 1. The number of benzene rings is 1. The van der Waals surface area contributed by atoms with Gasteiger partial charge in [0.25, 0.3) is 0 Å². The Hall–Kier alpha value is -4.22. The Balaban J connectivity index is 2.37. The molecule has 0 radical (unpaired) electrons. The number of hydrogen-bond acceptors (Lipinski definition) is 8. The molecule has 0 amide bonds. The van der Waals surface area contributed by atoms with Crippen LogP contribution in [0.2, 0.25) is 0 Å². The molecule has 1 heterocycles. The molecule has 152 valence electrons. The smallest absolute Gasteiger partial charge is 0.344 e. The summed E-state index contributed by atoms with van der Waals surface area (Å²) in [5, 5.41) is 27.8. The van der Waals surface area contributed by atoms with Crippen molar-refractivity contribution < 1.29 is 19.0 Å². The van der Waals surface area contributed by atoms with Gasteiger partial charge in [-0.2, -0.15) is 15.8 Å². The van der Waals surface area contributed by atoms with E-state index < -0.39 is 11.6 Å². The van der Waals surface area contributed by atoms with Crippen LogP contribution in [-0.2, 0) is 14.3 Å². The van der Waals surface area contributed by atoms with Gasteiger partial charge < -0.3 is 19.9 Å². The van der Waals surface area contributed by atoms with Gasteiger partial charge in [0.2, 0.25) is 0 Å². The van der Waals surface area contributed by atoms with Crippen molar-refractivity contribution in [3.8, 4) is 24.0 Å². The fourth-order valence-electron chi connectivity index (χ4n) is 2.78. The van der Waals surface area contributed by atoms with Crippen molar-refractivity contribution in [3.05, 3.63) is 52.3 Å². The lowest BCUT2D eigenvalue weighted by atomic mass is 9.94. The molecule has 30 heavy (non-hydrogen) atoms. The number of nitriles is 3. The van der Waals surface area contributed by atoms with Crippen LogP contribution in [0.15, 0.2) is 46.8 Å². The van der Waals surface area contributed by atoms with Gasteiger partial charge in [0.15, 0.2) is 17.9 Å². The first-order valence-corrected chi connectivity index (χ1v) is 9.02. The predicted molar refractivity (Wildman–Crippen MR) is 108 cm³/mol. The van der Waals surface area contributed by atoms with Crippen LogP contribution in [-0.4, -0.2) is 24.8 Å². The first kappa shape index (κ1) is 22.1. The fourth-order valence-corrected chi connectivity index (χ4v) is 2.78. The molecule has 0 unspecified atom stereocenters. The quantitative estimate of drug-likeness (QED) is 0.433. The third-order valence-electron chi connectivity index (χ3n) is 4.20. The third kappa shape index (κ3) is 4.79. The van der Waals surface area contributed by atoms with Crippen LogP contribution in [0.5, 0.6) is 5.75 Å². The van der Waals surface area contributed by atoms with Crippen LogP contribution in [0, 0.1) is 34.0 Å². The van der Waals surface area contributed by atoms with Gasteiger partial charge in [0.1, 0.15) is 35.1 Å². The van der Waals surface area contributed by atoms with Crippen molar-refractivity contribution in [2.75, 3.05) is 18.9 Å². The highest BCUT2D eigenvalue weighted by Gasteiger charge is 2.38. The largest absolute Gasteiger partial charge is 0.480 e. The maximum absolute atomic E-state index is 11.5. The van der Waals surface area contributed by atoms with Crippen LogP contribution >= 0.6 is 0 Å². The second kappa shape index (κ2) is 9.32. The van der Waals surface area contributed by atoms with Crippen molar-refractivity contribution >= 4 is 17.7 Å². The maximum atomic E-state index is 11.5. The number of carbonyl (C=O) groups excluding carboxylic acids is 1. The lowest BCUT2D eigenvalue weighted by molar-refractivity contribution is -0.145. The molecule has 2 N–H and O–H groups in total. The molecule has 0 spiro atoms. The second-order valence-corrected chi connectivity index (χ2v) is 6.66. The SMILES string of the molecule is CCOC(=O)COc1cc(/C=C/C2=C(C#N)C(=C(C#N)C#N)OC2(C)C)ccc1N. The molecule has 0 aromatic heterocycles. The number of ether oxygens (including phenoxy) is 3. The van der Waals surface area contributed by atoms with E-state index in [1.54, 1.807) is 63.3 Å². The van der Waals surface area contributed by atoms with Gasteiger partial charge in [-0.25, -0.2) is 4.79 Å². The van der Waals surface area contributed by atoms with Crippen molar-refractivity contribution in [2.24, 2.45) is 0 Å². The van der Waals surface area contributed by atoms with Crippen LogP contribution < -0.4 is 10.5 Å². The number of allylic oxidation sites excluding steroid dienone is 2. The number of nitrogen functional groups attached to an aromatic ring is 1. The monoisotopic (exact) mass is 404 g/mol. The molecule has 8 heteroatoms. The van der Waals surface area contributed by atoms with Crippen molar-refractivity contribution in [2.45, 2.75) is 26.4 Å². The minimum absolute atomic E-state index is 0.0251. The Bertz CT molecular complexity index is 1060. The Kier molecular flexibility index (Phi) is 6.86. The van der Waals surface area contributed by atoms with Crippen LogP contribution in [0.25, 0.3) is 6.08 Å². The number of nitrogens with zero attached hydrogens (tertiary/aromatic N) is 3. The Morgan fingerprint density at radius 2 is 1.93 bits per heavy atom. The Labute approximate surface area is 174 Å². The first-order valence-electron chi connectivity index (χ1n) is 9.02. The maximum Gasteiger partial charge on any atom is 0.344 e. The summed E-state index contributed by atoms with van der Waals surface area (Å²) in [5.74, 6) is -0.210. The van der Waals surface area contributed by atoms with E-state index in [1.165, 1.54) is 0 Å². The highest BCUT2D eigenvalue weighted by molar-refractivity contribution is 5.72. The highest BCUT2D eigenvalue weighted by Crippen LogP contribution is 2.40. The minimum atomic E-state index is -0.910. The average molecular weight is 404 g/mol. The van der Waals surface area contributed by atoms with Gasteiger partial charge in [0, 0.05) is 5.57 Å². The summed E-state index contributed by atoms with van der Waals surface area (Å²) in [6.07, 6.45) is 3.40. The average Bonchev–Trinajstić information content (AvgIpc) is 2.97. The van der Waals surface area contributed by atoms with E-state index in [2.05, 4.69) is 0 Å². The molecule has 0 saturated carbocycles. The number of anilines is 1. The zero-order valence-corrected chi connectivity index (χ0v) is 16.9. The molecule has 0 aliphatic carbocycles. The summed E-state index contributed by atoms with van der Waals surface area (Å²) in [5.41, 5.74) is 6.43. The number of nitrogens with two attached hydrogens (primary N) is 1. The number of rotatable bonds is 6. The minimum Gasteiger partial charge on any atom is -0.480 e. The highest BCUT2D eigenvalue weighted by atomic mass is 16.6. The van der Waals surface area contributed by atoms with Gasteiger partial charge in [-0.15, -0.1) is 0 Å². The van der Waals surface area contributed by atoms with Crippen LogP contribution in [0.1, 0.15) is 26.3 Å². The van der Waals surface area contributed by atoms with E-state index in [0.717, 1.165) is 0 Å². The normalized spacial score (nSPS) is 14.5. The summed E-state index contributed by atoms with van der Waals surface area (Å²) in [6.45, 7) is 5.16. The van der Waals surface area contributed by atoms with E-state index in [-0.39, 0.29) is 30.1 Å². The van der Waals surface area contributed by atoms with E-state index in [9.17, 15) is 10.1 Å². The van der Waals surface area contributed by atoms with Crippen LogP contribution in [0.4, 0.5) is 5.69 Å². The third-order valence-corrected chi connectivity index (χ3v) is 4.20. The van der Waals surface area contributed by atoms with E-state index in [1.807, 2.05) is 6.07 Å². The molecule has 2 rings (SSSR count). The number of esters is 1. The molecule has 1 aromatic carbocycles. The van der Waals surface area contributed by atoms with Crippen molar-refractivity contribution in [1.29, 1.82) is 15.8 Å². The van der Waals surface area contributed by atoms with Crippen molar-refractivity contribution in [1.82, 2.24) is 0 Å². The summed E-state index contributed by atoms with van der Waals surface area (Å²) in [4.78, 5) is 11.5. The molecular weight excluding hydrogens is 384 g/mol. The lowest BCUT2D eigenvalue weighted by Crippen LogP contribution is -2.20. The first-order chi connectivity index (χ1) is 14.3. The summed E-state index contributed by atoms with van der Waals surface area (Å²) < 4.78 is 16.0. The topological polar surface area (TPSA) is 142 Å².